The van der Waals surface area contributed by atoms with E-state index in [1.54, 1.807) is 35.3 Å². The molecule has 8 aromatic rings. The highest BCUT2D eigenvalue weighted by atomic mass is 19.1. The molecule has 4 saturated heterocycles. The summed E-state index contributed by atoms with van der Waals surface area (Å²) in [7, 11) is 0. The number of anilines is 1. The van der Waals surface area contributed by atoms with Gasteiger partial charge in [0.25, 0.3) is 0 Å². The number of pyridine rings is 1. The Labute approximate surface area is 469 Å². The molecule has 18 heteroatoms. The van der Waals surface area contributed by atoms with Crippen LogP contribution in [0.5, 0.6) is 17.5 Å². The van der Waals surface area contributed by atoms with Crippen LogP contribution in [-0.2, 0) is 27.4 Å². The second-order valence-corrected chi connectivity index (χ2v) is 22.4. The van der Waals surface area contributed by atoms with Crippen molar-refractivity contribution in [2.75, 3.05) is 37.7 Å². The lowest BCUT2D eigenvalue weighted by Gasteiger charge is -2.30. The normalized spacial score (nSPS) is 19.9. The number of halogens is 1. The van der Waals surface area contributed by atoms with E-state index in [0.29, 0.717) is 94.3 Å². The second-order valence-electron chi connectivity index (χ2n) is 22.4. The van der Waals surface area contributed by atoms with Gasteiger partial charge < -0.3 is 44.9 Å². The fourth-order valence-electron chi connectivity index (χ4n) is 12.3. The number of nitrogens with zero attached hydrogens (tertiary/aromatic N) is 8. The highest BCUT2D eigenvalue weighted by molar-refractivity contribution is 6.04. The lowest BCUT2D eigenvalue weighted by Crippen LogP contribution is -2.49. The van der Waals surface area contributed by atoms with Crippen molar-refractivity contribution in [1.29, 1.82) is 0 Å². The molecule has 7 heterocycles. The van der Waals surface area contributed by atoms with E-state index < -0.39 is 18.2 Å². The molecule has 5 aromatic carbocycles. The van der Waals surface area contributed by atoms with Crippen molar-refractivity contribution in [2.45, 2.75) is 116 Å². The highest BCUT2D eigenvalue weighted by Gasteiger charge is 2.44. The number of hydrogen-bond donors (Lipinski definition) is 4. The van der Waals surface area contributed by atoms with Crippen LogP contribution in [-0.4, -0.2) is 120 Å². The Kier molecular flexibility index (Phi) is 14.9. The summed E-state index contributed by atoms with van der Waals surface area (Å²) in [5, 5.41) is 39.7. The zero-order chi connectivity index (χ0) is 56.1. The summed E-state index contributed by atoms with van der Waals surface area (Å²) >= 11 is 0. The number of phenols is 1. The molecule has 2 amide bonds. The molecule has 0 unspecified atom stereocenters. The van der Waals surface area contributed by atoms with Gasteiger partial charge in [-0.15, -0.1) is 5.10 Å². The highest BCUT2D eigenvalue weighted by Crippen LogP contribution is 2.45. The lowest BCUT2D eigenvalue weighted by atomic mass is 9.94. The first-order valence-corrected chi connectivity index (χ1v) is 28.3. The molecule has 418 valence electrons. The third-order valence-corrected chi connectivity index (χ3v) is 16.6. The Balaban J connectivity index is 0.813. The average Bonchev–Trinajstić information content (AvgIpc) is 4.40. The van der Waals surface area contributed by atoms with Gasteiger partial charge in [0.15, 0.2) is 5.75 Å². The third-order valence-electron chi connectivity index (χ3n) is 16.6. The SMILES string of the molecule is CCc1c(F)ccc2cc(O)cc(-c3ncc4c(N5C[C@@H]6C[C@H]5CN6)nc(OC5CCOCC5)nc4c3OCc3ccc(-c4cn([C@H](C(=O)N5C[C@H](O)C[C@H]5C(=O)N[C@@H](C)c5ccc(-c6ccccc6C)cc5)C(C)C)nn4)cc3)c12. The lowest BCUT2D eigenvalue weighted by molar-refractivity contribution is -0.142. The molecule has 17 nitrogen and oxygen atoms in total. The molecular weight excluding hydrogens is 1030 g/mol. The van der Waals surface area contributed by atoms with E-state index >= 15 is 4.39 Å². The van der Waals surface area contributed by atoms with Crippen molar-refractivity contribution >= 4 is 39.3 Å². The van der Waals surface area contributed by atoms with E-state index in [0.717, 1.165) is 47.3 Å². The van der Waals surface area contributed by atoms with Crippen LogP contribution in [0.1, 0.15) is 87.7 Å². The maximum absolute atomic E-state index is 15.7. The number of phenolic OH excluding ortho intramolecular Hbond substituents is 1. The molecule has 0 radical (unpaired) electrons. The number of piperazine rings is 1. The smallest absolute Gasteiger partial charge is 0.319 e. The summed E-state index contributed by atoms with van der Waals surface area (Å²) in [5.74, 6) is -0.251. The first kappa shape index (κ1) is 53.6. The van der Waals surface area contributed by atoms with E-state index in [4.69, 9.17) is 29.2 Å². The van der Waals surface area contributed by atoms with E-state index in [-0.39, 0.29) is 73.1 Å². The number of ether oxygens (including phenoxy) is 3. The van der Waals surface area contributed by atoms with Gasteiger partial charge in [-0.1, -0.05) is 105 Å². The number of amides is 2. The number of carbonyl (C=O) groups is 2. The maximum atomic E-state index is 15.7. The van der Waals surface area contributed by atoms with Gasteiger partial charge in [0.2, 0.25) is 11.8 Å². The first-order valence-electron chi connectivity index (χ1n) is 28.3. The molecule has 4 fully saturated rings. The fourth-order valence-corrected chi connectivity index (χ4v) is 12.3. The maximum Gasteiger partial charge on any atom is 0.319 e. The number of fused-ring (bicyclic) bond motifs is 4. The van der Waals surface area contributed by atoms with Crippen LogP contribution in [0.15, 0.2) is 109 Å². The largest absolute Gasteiger partial charge is 0.508 e. The summed E-state index contributed by atoms with van der Waals surface area (Å²) in [6.45, 7) is 12.5. The van der Waals surface area contributed by atoms with Crippen LogP contribution >= 0.6 is 0 Å². The Hall–Kier alpha value is -8.06. The number of likely N-dealkylation sites (tertiary alicyclic amines) is 1. The number of aryl methyl sites for hydroxylation is 2. The number of rotatable bonds is 16. The van der Waals surface area contributed by atoms with Gasteiger partial charge in [0, 0.05) is 68.3 Å². The van der Waals surface area contributed by atoms with Crippen molar-refractivity contribution in [3.63, 3.8) is 0 Å². The monoisotopic (exact) mass is 1090 g/mol. The zero-order valence-electron chi connectivity index (χ0n) is 46.2. The Morgan fingerprint density at radius 2 is 1.70 bits per heavy atom. The van der Waals surface area contributed by atoms with Crippen molar-refractivity contribution < 1.29 is 38.4 Å². The number of aromatic nitrogens is 6. The number of nitrogens with one attached hydrogen (secondary N) is 2. The summed E-state index contributed by atoms with van der Waals surface area (Å²) in [5.41, 5.74) is 8.23. The number of aliphatic hydroxyl groups is 1. The van der Waals surface area contributed by atoms with Gasteiger partial charge >= 0.3 is 6.01 Å². The van der Waals surface area contributed by atoms with Gasteiger partial charge in [-0.25, -0.2) is 9.07 Å². The summed E-state index contributed by atoms with van der Waals surface area (Å²) in [6.07, 6.45) is 5.36. The summed E-state index contributed by atoms with van der Waals surface area (Å²) in [4.78, 5) is 47.6. The number of hydrogen-bond acceptors (Lipinski definition) is 14. The van der Waals surface area contributed by atoms with Crippen LogP contribution in [0.25, 0.3) is 55.3 Å². The number of aliphatic hydroxyl groups excluding tert-OH is 1. The Morgan fingerprint density at radius 3 is 2.43 bits per heavy atom. The van der Waals surface area contributed by atoms with Gasteiger partial charge in [-0.05, 0) is 95.0 Å². The molecule has 0 aliphatic carbocycles. The Morgan fingerprint density at radius 1 is 0.926 bits per heavy atom. The molecule has 4 aliphatic rings. The van der Waals surface area contributed by atoms with Crippen molar-refractivity contribution in [3.8, 4) is 51.2 Å². The van der Waals surface area contributed by atoms with Crippen LogP contribution in [0.3, 0.4) is 0 Å². The van der Waals surface area contributed by atoms with Gasteiger partial charge in [0.05, 0.1) is 36.9 Å². The molecule has 4 aliphatic heterocycles. The molecule has 3 aromatic heterocycles. The minimum atomic E-state index is -0.878. The fraction of sp³-hybridized carbons (Fsp3) is 0.381. The van der Waals surface area contributed by atoms with E-state index in [2.05, 4.69) is 44.9 Å². The molecule has 12 rings (SSSR count). The quantitative estimate of drug-likeness (QED) is 0.0713. The molecule has 81 heavy (non-hydrogen) atoms. The van der Waals surface area contributed by atoms with E-state index in [1.165, 1.54) is 16.5 Å². The predicted octanol–water partition coefficient (Wildman–Crippen LogP) is 9.21. The number of carbonyl (C=O) groups excluding carboxylic acids is 2. The van der Waals surface area contributed by atoms with Gasteiger partial charge in [0.1, 0.15) is 59.1 Å². The standard InChI is InChI=1S/C63H67FN10O7/c1-6-48-52(64)20-19-42-25-45(75)27-50(55(42)48)56-59(57-51(30-66-56)60(72-31-43-26-44(72)29-65-43)69-63(68-57)81-47-21-23-79-24-22-47)80-34-38-11-13-41(14-12-38)53-33-74(71-70-53)58(35(2)3)62(78)73-32-46(76)28-54(73)61(77)67-37(5)39-15-17-40(18-16-39)49-10-8-7-9-36(49)4/h7-20,25,27,30,33,35,37,43-44,46-47,54,58,65,75-76H,6,21-24,26,28-29,31-32,34H2,1-5H3,(H,67,77)/t37-,43-,44-,46+,54-,58-/m0/s1. The first-order chi connectivity index (χ1) is 39.3. The van der Waals surface area contributed by atoms with Crippen molar-refractivity contribution in [1.82, 2.24) is 45.5 Å². The number of β-amino-alcohol motifs (C(OH)–C–C–N with tert-alkyl or cyclic N) is 1. The van der Waals surface area contributed by atoms with Gasteiger partial charge in [-0.2, -0.15) is 9.97 Å². The molecule has 0 saturated carbocycles. The van der Waals surface area contributed by atoms with Crippen LogP contribution in [0.2, 0.25) is 0 Å². The molecule has 0 spiro atoms. The number of benzene rings is 5. The minimum absolute atomic E-state index is 0.00738. The van der Waals surface area contributed by atoms with E-state index in [9.17, 15) is 19.8 Å². The van der Waals surface area contributed by atoms with Crippen LogP contribution in [0, 0.1) is 18.7 Å². The van der Waals surface area contributed by atoms with Crippen LogP contribution < -0.4 is 25.0 Å². The topological polar surface area (TPSA) is 202 Å². The number of aromatic hydroxyl groups is 1. The van der Waals surface area contributed by atoms with Crippen molar-refractivity contribution in [3.05, 3.63) is 138 Å². The van der Waals surface area contributed by atoms with E-state index in [1.807, 2.05) is 88.4 Å². The average molecular weight is 1100 g/mol. The summed E-state index contributed by atoms with van der Waals surface area (Å²) < 4.78 is 36.4. The minimum Gasteiger partial charge on any atom is -0.508 e. The molecule has 4 N–H and O–H groups in total. The van der Waals surface area contributed by atoms with Crippen molar-refractivity contribution in [2.24, 2.45) is 5.92 Å². The Bertz CT molecular complexity index is 3650. The zero-order valence-corrected chi connectivity index (χ0v) is 46.2. The summed E-state index contributed by atoms with van der Waals surface area (Å²) in [6, 6.07) is 29.0. The third kappa shape index (κ3) is 10.6. The molecule has 6 atom stereocenters. The molecule has 2 bridgehead atoms. The second kappa shape index (κ2) is 22.5. The predicted molar refractivity (Wildman–Crippen MR) is 306 cm³/mol. The molecular formula is C63H67FN10O7. The van der Waals surface area contributed by atoms with Gasteiger partial charge in [-0.3, -0.25) is 14.6 Å². The van der Waals surface area contributed by atoms with Crippen LogP contribution in [0.4, 0.5) is 10.2 Å².